The van der Waals surface area contributed by atoms with Crippen LogP contribution < -0.4 is 20.7 Å². The van der Waals surface area contributed by atoms with Crippen molar-refractivity contribution in [3.8, 4) is 5.75 Å². The maximum atomic E-state index is 12.2. The van der Waals surface area contributed by atoms with Crippen molar-refractivity contribution in [2.75, 3.05) is 23.8 Å². The normalized spacial score (nSPS) is 10.8. The first-order valence-corrected chi connectivity index (χ1v) is 8.96. The van der Waals surface area contributed by atoms with Gasteiger partial charge in [-0.15, -0.1) is 0 Å². The van der Waals surface area contributed by atoms with E-state index in [1.165, 1.54) is 0 Å². The molecule has 0 radical (unpaired) electrons. The van der Waals surface area contributed by atoms with E-state index in [2.05, 4.69) is 16.0 Å². The number of anilines is 2. The summed E-state index contributed by atoms with van der Waals surface area (Å²) in [5.41, 5.74) is 1.64. The molecule has 0 aromatic heterocycles. The molecule has 0 saturated heterocycles. The Balaban J connectivity index is 1.89. The number of carbonyl (C=O) groups excluding carboxylic acids is 2. The molecule has 0 atom stereocenters. The Morgan fingerprint density at radius 3 is 2.33 bits per heavy atom. The van der Waals surface area contributed by atoms with Gasteiger partial charge in [0, 0.05) is 22.5 Å². The number of rotatable bonds is 7. The Morgan fingerprint density at radius 1 is 1.00 bits per heavy atom. The zero-order chi connectivity index (χ0) is 19.9. The summed E-state index contributed by atoms with van der Waals surface area (Å²) >= 11 is 0. The minimum atomic E-state index is -0.307. The molecule has 0 aliphatic carbocycles. The standard InChI is InChI=1S/C21H27N3O3/c1-5-27-18-11-9-16(10-12-18)23-19(25)14-22-17-8-6-7-15(13-17)20(26)24-21(2,3)4/h6-13,22H,5,14H2,1-4H3,(H,23,25)(H,24,26). The zero-order valence-electron chi connectivity index (χ0n) is 16.3. The Hall–Kier alpha value is -3.02. The summed E-state index contributed by atoms with van der Waals surface area (Å²) in [5, 5.41) is 8.77. The predicted molar refractivity (Wildman–Crippen MR) is 108 cm³/mol. The van der Waals surface area contributed by atoms with Crippen LogP contribution in [0.4, 0.5) is 11.4 Å². The second-order valence-corrected chi connectivity index (χ2v) is 7.14. The zero-order valence-corrected chi connectivity index (χ0v) is 16.3. The molecule has 6 nitrogen and oxygen atoms in total. The number of ether oxygens (including phenoxy) is 1. The van der Waals surface area contributed by atoms with Gasteiger partial charge in [-0.25, -0.2) is 0 Å². The Bertz CT molecular complexity index is 780. The SMILES string of the molecule is CCOc1ccc(NC(=O)CNc2cccc(C(=O)NC(C)(C)C)c2)cc1. The minimum absolute atomic E-state index is 0.0948. The molecule has 2 rings (SSSR count). The highest BCUT2D eigenvalue weighted by Gasteiger charge is 2.15. The number of amides is 2. The minimum Gasteiger partial charge on any atom is -0.494 e. The molecule has 2 aromatic rings. The number of carbonyl (C=O) groups is 2. The van der Waals surface area contributed by atoms with Gasteiger partial charge in [-0.2, -0.15) is 0 Å². The molecule has 0 aliphatic heterocycles. The van der Waals surface area contributed by atoms with E-state index in [0.29, 0.717) is 23.5 Å². The molecule has 0 fully saturated rings. The molecule has 144 valence electrons. The first kappa shape index (κ1) is 20.3. The molecule has 0 unspecified atom stereocenters. The quantitative estimate of drug-likeness (QED) is 0.696. The van der Waals surface area contributed by atoms with Crippen LogP contribution in [0.1, 0.15) is 38.1 Å². The highest BCUT2D eigenvalue weighted by Crippen LogP contribution is 2.16. The summed E-state index contributed by atoms with van der Waals surface area (Å²) < 4.78 is 5.37. The van der Waals surface area contributed by atoms with Crippen LogP contribution in [-0.4, -0.2) is 30.5 Å². The largest absolute Gasteiger partial charge is 0.494 e. The third kappa shape index (κ3) is 7.01. The molecule has 2 aromatic carbocycles. The van der Waals surface area contributed by atoms with E-state index in [1.807, 2.05) is 45.9 Å². The molecule has 3 N–H and O–H groups in total. The molecule has 2 amide bonds. The van der Waals surface area contributed by atoms with Gasteiger partial charge in [0.25, 0.3) is 5.91 Å². The van der Waals surface area contributed by atoms with Gasteiger partial charge in [0.1, 0.15) is 5.75 Å². The van der Waals surface area contributed by atoms with Gasteiger partial charge in [0.15, 0.2) is 0 Å². The number of hydrogen-bond acceptors (Lipinski definition) is 4. The van der Waals surface area contributed by atoms with Crippen LogP contribution in [0.15, 0.2) is 48.5 Å². The van der Waals surface area contributed by atoms with Gasteiger partial charge in [0.05, 0.1) is 13.2 Å². The molecule has 6 heteroatoms. The molecular formula is C21H27N3O3. The van der Waals surface area contributed by atoms with E-state index >= 15 is 0 Å². The molecule has 0 aliphatic rings. The van der Waals surface area contributed by atoms with Crippen LogP contribution in [0, 0.1) is 0 Å². The number of nitrogens with one attached hydrogen (secondary N) is 3. The van der Waals surface area contributed by atoms with Crippen LogP contribution in [0.3, 0.4) is 0 Å². The van der Waals surface area contributed by atoms with Crippen molar-refractivity contribution >= 4 is 23.2 Å². The van der Waals surface area contributed by atoms with Crippen molar-refractivity contribution in [2.45, 2.75) is 33.2 Å². The van der Waals surface area contributed by atoms with Gasteiger partial charge in [-0.3, -0.25) is 9.59 Å². The fourth-order valence-electron chi connectivity index (χ4n) is 2.37. The summed E-state index contributed by atoms with van der Waals surface area (Å²) in [6, 6.07) is 14.3. The van der Waals surface area contributed by atoms with Crippen molar-refractivity contribution < 1.29 is 14.3 Å². The fourth-order valence-corrected chi connectivity index (χ4v) is 2.37. The summed E-state index contributed by atoms with van der Waals surface area (Å²) in [7, 11) is 0. The molecule has 0 saturated carbocycles. The smallest absolute Gasteiger partial charge is 0.251 e. The van der Waals surface area contributed by atoms with Crippen molar-refractivity contribution in [2.24, 2.45) is 0 Å². The lowest BCUT2D eigenvalue weighted by Gasteiger charge is -2.20. The van der Waals surface area contributed by atoms with E-state index in [1.54, 1.807) is 30.3 Å². The topological polar surface area (TPSA) is 79.5 Å². The predicted octanol–water partition coefficient (Wildman–Crippen LogP) is 3.66. The molecule has 0 spiro atoms. The highest BCUT2D eigenvalue weighted by atomic mass is 16.5. The fraction of sp³-hybridized carbons (Fsp3) is 0.333. The van der Waals surface area contributed by atoms with Crippen LogP contribution in [-0.2, 0) is 4.79 Å². The first-order chi connectivity index (χ1) is 12.8. The van der Waals surface area contributed by atoms with Crippen LogP contribution in [0.2, 0.25) is 0 Å². The van der Waals surface area contributed by atoms with E-state index < -0.39 is 0 Å². The van der Waals surface area contributed by atoms with Crippen molar-refractivity contribution in [1.82, 2.24) is 5.32 Å². The first-order valence-electron chi connectivity index (χ1n) is 8.96. The average Bonchev–Trinajstić information content (AvgIpc) is 2.61. The number of hydrogen-bond donors (Lipinski definition) is 3. The second kappa shape index (κ2) is 9.07. The van der Waals surface area contributed by atoms with Gasteiger partial charge in [0.2, 0.25) is 5.91 Å². The summed E-state index contributed by atoms with van der Waals surface area (Å²) in [4.78, 5) is 24.4. The molecular weight excluding hydrogens is 342 g/mol. The van der Waals surface area contributed by atoms with E-state index in [-0.39, 0.29) is 23.9 Å². The maximum Gasteiger partial charge on any atom is 0.251 e. The van der Waals surface area contributed by atoms with Gasteiger partial charge in [-0.05, 0) is 70.2 Å². The molecule has 0 bridgehead atoms. The van der Waals surface area contributed by atoms with Gasteiger partial charge < -0.3 is 20.7 Å². The van der Waals surface area contributed by atoms with Crippen LogP contribution in [0.25, 0.3) is 0 Å². The molecule has 0 heterocycles. The Morgan fingerprint density at radius 2 is 1.70 bits per heavy atom. The Labute approximate surface area is 160 Å². The third-order valence-electron chi connectivity index (χ3n) is 3.52. The van der Waals surface area contributed by atoms with E-state index in [0.717, 1.165) is 5.75 Å². The third-order valence-corrected chi connectivity index (χ3v) is 3.52. The van der Waals surface area contributed by atoms with Crippen molar-refractivity contribution in [3.05, 3.63) is 54.1 Å². The molecule has 27 heavy (non-hydrogen) atoms. The monoisotopic (exact) mass is 369 g/mol. The van der Waals surface area contributed by atoms with Gasteiger partial charge >= 0.3 is 0 Å². The van der Waals surface area contributed by atoms with E-state index in [4.69, 9.17) is 4.74 Å². The lowest BCUT2D eigenvalue weighted by atomic mass is 10.1. The van der Waals surface area contributed by atoms with Crippen LogP contribution in [0.5, 0.6) is 5.75 Å². The highest BCUT2D eigenvalue weighted by molar-refractivity contribution is 5.96. The maximum absolute atomic E-state index is 12.2. The number of benzene rings is 2. The summed E-state index contributed by atoms with van der Waals surface area (Å²) in [6.45, 7) is 8.40. The van der Waals surface area contributed by atoms with Crippen LogP contribution >= 0.6 is 0 Å². The lowest BCUT2D eigenvalue weighted by molar-refractivity contribution is -0.114. The van der Waals surface area contributed by atoms with E-state index in [9.17, 15) is 9.59 Å². The van der Waals surface area contributed by atoms with Crippen molar-refractivity contribution in [3.63, 3.8) is 0 Å². The van der Waals surface area contributed by atoms with Crippen molar-refractivity contribution in [1.29, 1.82) is 0 Å². The second-order valence-electron chi connectivity index (χ2n) is 7.14. The lowest BCUT2D eigenvalue weighted by Crippen LogP contribution is -2.40. The Kier molecular flexibility index (Phi) is 6.82. The summed E-state index contributed by atoms with van der Waals surface area (Å²) in [6.07, 6.45) is 0. The summed E-state index contributed by atoms with van der Waals surface area (Å²) in [5.74, 6) is 0.438. The average molecular weight is 369 g/mol. The van der Waals surface area contributed by atoms with Gasteiger partial charge in [-0.1, -0.05) is 6.07 Å².